The minimum atomic E-state index is -0.496. The Hall–Kier alpha value is 0.500. The first-order chi connectivity index (χ1) is 3.69. The summed E-state index contributed by atoms with van der Waals surface area (Å²) >= 11 is 5.76. The van der Waals surface area contributed by atoms with E-state index in [0.29, 0.717) is 0 Å². The second kappa shape index (κ2) is 3.06. The molecule has 56 valence electrons. The van der Waals surface area contributed by atoms with E-state index in [-0.39, 0.29) is 23.8 Å². The molecule has 1 aliphatic rings. The third-order valence-electron chi connectivity index (χ3n) is 1.55. The summed E-state index contributed by atoms with van der Waals surface area (Å²) < 4.78 is 0. The number of nitrogens with two attached hydrogens (primary N) is 1. The van der Waals surface area contributed by atoms with Gasteiger partial charge in [-0.05, 0) is 12.8 Å². The van der Waals surface area contributed by atoms with Crippen molar-refractivity contribution in [2.24, 2.45) is 5.73 Å². The van der Waals surface area contributed by atoms with Crippen molar-refractivity contribution in [3.63, 3.8) is 0 Å². The van der Waals surface area contributed by atoms with E-state index in [0.717, 1.165) is 12.8 Å². The summed E-state index contributed by atoms with van der Waals surface area (Å²) in [6.45, 7) is 0.281. The van der Waals surface area contributed by atoms with Gasteiger partial charge in [0.1, 0.15) is 0 Å². The number of rotatable bonds is 2. The summed E-state index contributed by atoms with van der Waals surface area (Å²) in [7, 11) is 0. The zero-order valence-corrected chi connectivity index (χ0v) is 6.58. The summed E-state index contributed by atoms with van der Waals surface area (Å²) in [5, 5.41) is 9.00. The molecule has 0 amide bonds. The number of hydrogen-bond donors (Lipinski definition) is 2. The van der Waals surface area contributed by atoms with Crippen molar-refractivity contribution >= 4 is 24.0 Å². The van der Waals surface area contributed by atoms with Crippen LogP contribution >= 0.6 is 24.0 Å². The Morgan fingerprint density at radius 2 is 2.11 bits per heavy atom. The van der Waals surface area contributed by atoms with Gasteiger partial charge in [-0.15, -0.1) is 24.0 Å². The molecule has 3 N–H and O–H groups in total. The molecule has 1 atom stereocenters. The van der Waals surface area contributed by atoms with Gasteiger partial charge in [-0.3, -0.25) is 0 Å². The first kappa shape index (κ1) is 9.50. The molecular weight excluding hydrogens is 161 g/mol. The van der Waals surface area contributed by atoms with Crippen LogP contribution in [0, 0.1) is 0 Å². The van der Waals surface area contributed by atoms with Crippen molar-refractivity contribution in [1.29, 1.82) is 0 Å². The van der Waals surface area contributed by atoms with Crippen molar-refractivity contribution in [2.75, 3.05) is 6.54 Å². The minimum Gasteiger partial charge on any atom is -0.390 e. The standard InChI is InChI=1S/C5H10ClNO.ClH/c6-5(1-2-5)4(8)3-7;/h4,8H,1-3,7H2;1H. The molecule has 4 heteroatoms. The molecule has 0 spiro atoms. The van der Waals surface area contributed by atoms with Gasteiger partial charge in [0.25, 0.3) is 0 Å². The Bertz CT molecular complexity index is 95.0. The van der Waals surface area contributed by atoms with E-state index in [2.05, 4.69) is 0 Å². The van der Waals surface area contributed by atoms with Crippen molar-refractivity contribution < 1.29 is 5.11 Å². The number of halogens is 2. The van der Waals surface area contributed by atoms with Gasteiger partial charge in [0.2, 0.25) is 0 Å². The number of aliphatic hydroxyl groups excluding tert-OH is 1. The van der Waals surface area contributed by atoms with Gasteiger partial charge < -0.3 is 10.8 Å². The average molecular weight is 172 g/mol. The number of aliphatic hydroxyl groups is 1. The molecule has 0 aromatic carbocycles. The highest BCUT2D eigenvalue weighted by atomic mass is 35.5. The molecule has 0 bridgehead atoms. The third kappa shape index (κ3) is 1.97. The Morgan fingerprint density at radius 3 is 2.22 bits per heavy atom. The summed E-state index contributed by atoms with van der Waals surface area (Å²) in [5.41, 5.74) is 5.16. The second-order valence-electron chi connectivity index (χ2n) is 2.29. The van der Waals surface area contributed by atoms with Crippen LogP contribution in [0.15, 0.2) is 0 Å². The predicted molar refractivity (Wildman–Crippen MR) is 40.1 cm³/mol. The molecular formula is C5H11Cl2NO. The van der Waals surface area contributed by atoms with E-state index < -0.39 is 6.10 Å². The van der Waals surface area contributed by atoms with E-state index in [9.17, 15) is 0 Å². The lowest BCUT2D eigenvalue weighted by Gasteiger charge is -2.11. The SMILES string of the molecule is Cl.NCC(O)C1(Cl)CC1. The maximum absolute atomic E-state index is 9.00. The molecule has 1 unspecified atom stereocenters. The van der Waals surface area contributed by atoms with Crippen LogP contribution in [0.2, 0.25) is 0 Å². The van der Waals surface area contributed by atoms with Gasteiger partial charge in [0.15, 0.2) is 0 Å². The van der Waals surface area contributed by atoms with Crippen molar-refractivity contribution in [3.8, 4) is 0 Å². The van der Waals surface area contributed by atoms with Crippen LogP contribution < -0.4 is 5.73 Å². The molecule has 0 aromatic heterocycles. The topological polar surface area (TPSA) is 46.2 Å². The van der Waals surface area contributed by atoms with Crippen LogP contribution in [0.3, 0.4) is 0 Å². The molecule has 2 nitrogen and oxygen atoms in total. The fraction of sp³-hybridized carbons (Fsp3) is 1.00. The molecule has 0 aromatic rings. The van der Waals surface area contributed by atoms with E-state index in [1.165, 1.54) is 0 Å². The van der Waals surface area contributed by atoms with Crippen molar-refractivity contribution in [3.05, 3.63) is 0 Å². The summed E-state index contributed by atoms with van der Waals surface area (Å²) in [4.78, 5) is -0.339. The Kier molecular flexibility index (Phi) is 3.23. The van der Waals surface area contributed by atoms with E-state index >= 15 is 0 Å². The Balaban J connectivity index is 0.000000640. The lowest BCUT2D eigenvalue weighted by atomic mass is 10.2. The van der Waals surface area contributed by atoms with Gasteiger partial charge in [-0.1, -0.05) is 0 Å². The molecule has 0 saturated heterocycles. The van der Waals surface area contributed by atoms with Crippen molar-refractivity contribution in [2.45, 2.75) is 23.8 Å². The highest BCUT2D eigenvalue weighted by molar-refractivity contribution is 6.26. The molecule has 1 rings (SSSR count). The number of hydrogen-bond acceptors (Lipinski definition) is 2. The van der Waals surface area contributed by atoms with Crippen LogP contribution in [0.1, 0.15) is 12.8 Å². The minimum absolute atomic E-state index is 0. The molecule has 1 aliphatic carbocycles. The van der Waals surface area contributed by atoms with Crippen LogP contribution in [-0.4, -0.2) is 22.6 Å². The van der Waals surface area contributed by atoms with Gasteiger partial charge in [0, 0.05) is 6.54 Å². The van der Waals surface area contributed by atoms with Crippen molar-refractivity contribution in [1.82, 2.24) is 0 Å². The average Bonchev–Trinajstić information content (AvgIpc) is 2.47. The lowest BCUT2D eigenvalue weighted by molar-refractivity contribution is 0.170. The van der Waals surface area contributed by atoms with E-state index in [4.69, 9.17) is 22.4 Å². The fourth-order valence-corrected chi connectivity index (χ4v) is 0.847. The third-order valence-corrected chi connectivity index (χ3v) is 2.18. The normalized spacial score (nSPS) is 24.3. The molecule has 0 radical (unpaired) electrons. The zero-order chi connectivity index (χ0) is 6.20. The molecule has 0 aliphatic heterocycles. The van der Waals surface area contributed by atoms with Crippen LogP contribution in [0.25, 0.3) is 0 Å². The molecule has 1 saturated carbocycles. The van der Waals surface area contributed by atoms with Crippen LogP contribution in [0.5, 0.6) is 0 Å². The molecule has 9 heavy (non-hydrogen) atoms. The second-order valence-corrected chi connectivity index (χ2v) is 3.04. The van der Waals surface area contributed by atoms with Crippen LogP contribution in [-0.2, 0) is 0 Å². The maximum atomic E-state index is 9.00. The Labute approximate surface area is 65.8 Å². The van der Waals surface area contributed by atoms with E-state index in [1.807, 2.05) is 0 Å². The summed E-state index contributed by atoms with van der Waals surface area (Å²) in [6, 6.07) is 0. The molecule has 1 fully saturated rings. The largest absolute Gasteiger partial charge is 0.390 e. The van der Waals surface area contributed by atoms with Crippen LogP contribution in [0.4, 0.5) is 0 Å². The lowest BCUT2D eigenvalue weighted by Crippen LogP contribution is -2.30. The van der Waals surface area contributed by atoms with E-state index in [1.54, 1.807) is 0 Å². The predicted octanol–water partition coefficient (Wildman–Crippen LogP) is 0.499. The smallest absolute Gasteiger partial charge is 0.0853 e. The molecule has 0 heterocycles. The fourth-order valence-electron chi connectivity index (χ4n) is 0.664. The monoisotopic (exact) mass is 171 g/mol. The highest BCUT2D eigenvalue weighted by Crippen LogP contribution is 2.45. The summed E-state index contributed by atoms with van der Waals surface area (Å²) in [5.74, 6) is 0. The maximum Gasteiger partial charge on any atom is 0.0853 e. The summed E-state index contributed by atoms with van der Waals surface area (Å²) in [6.07, 6.45) is 1.32. The van der Waals surface area contributed by atoms with Gasteiger partial charge in [-0.25, -0.2) is 0 Å². The number of alkyl halides is 1. The zero-order valence-electron chi connectivity index (χ0n) is 5.01. The van der Waals surface area contributed by atoms with Gasteiger partial charge in [-0.2, -0.15) is 0 Å². The quantitative estimate of drug-likeness (QED) is 0.595. The van der Waals surface area contributed by atoms with Gasteiger partial charge >= 0.3 is 0 Å². The van der Waals surface area contributed by atoms with Gasteiger partial charge in [0.05, 0.1) is 11.0 Å². The Morgan fingerprint density at radius 1 is 1.67 bits per heavy atom. The first-order valence-corrected chi connectivity index (χ1v) is 3.14. The first-order valence-electron chi connectivity index (χ1n) is 2.76. The highest BCUT2D eigenvalue weighted by Gasteiger charge is 2.46.